The number of para-hydroxylation sites is 1. The molecule has 8 heteroatoms. The number of nitrogens with zero attached hydrogens (tertiary/aromatic N) is 3. The van der Waals surface area contributed by atoms with Crippen LogP contribution in [0.5, 0.6) is 0 Å². The molecule has 1 saturated heterocycles. The van der Waals surface area contributed by atoms with Gasteiger partial charge in [-0.25, -0.2) is 4.98 Å². The maximum absolute atomic E-state index is 13.8. The molecule has 0 unspecified atom stereocenters. The van der Waals surface area contributed by atoms with Crippen molar-refractivity contribution in [1.82, 2.24) is 14.5 Å². The lowest BCUT2D eigenvalue weighted by Crippen LogP contribution is -2.41. The maximum atomic E-state index is 13.8. The highest BCUT2D eigenvalue weighted by Gasteiger charge is 2.26. The summed E-state index contributed by atoms with van der Waals surface area (Å²) in [5.41, 5.74) is 1.96. The molecule has 3 aromatic rings. The number of hydrogen-bond acceptors (Lipinski definition) is 6. The van der Waals surface area contributed by atoms with Gasteiger partial charge in [-0.1, -0.05) is 43.3 Å². The number of carbonyl (C=O) groups is 1. The molecule has 6 nitrogen and oxygen atoms in total. The van der Waals surface area contributed by atoms with Gasteiger partial charge in [0.2, 0.25) is 5.91 Å². The molecule has 1 fully saturated rings. The minimum absolute atomic E-state index is 0.0185. The first-order chi connectivity index (χ1) is 15.7. The lowest BCUT2D eigenvalue weighted by Gasteiger charge is -2.26. The Morgan fingerprint density at radius 1 is 1.25 bits per heavy atom. The van der Waals surface area contributed by atoms with Gasteiger partial charge >= 0.3 is 0 Å². The molecule has 1 aliphatic heterocycles. The molecule has 2 aliphatic rings. The van der Waals surface area contributed by atoms with Gasteiger partial charge in [0.15, 0.2) is 5.16 Å². The first-order valence-electron chi connectivity index (χ1n) is 11.3. The Bertz CT molecular complexity index is 1180. The van der Waals surface area contributed by atoms with Crippen molar-refractivity contribution in [2.75, 3.05) is 32.1 Å². The van der Waals surface area contributed by atoms with Crippen LogP contribution in [0.3, 0.4) is 0 Å². The summed E-state index contributed by atoms with van der Waals surface area (Å²) in [6.07, 6.45) is 4.28. The van der Waals surface area contributed by atoms with Crippen molar-refractivity contribution < 1.29 is 9.53 Å². The van der Waals surface area contributed by atoms with Crippen molar-refractivity contribution in [2.45, 2.75) is 37.8 Å². The SMILES string of the molecule is CC[C@H]1CCc2c(sc3nc(SCC(=O)N4CCOCC4)n(-c4ccccc4)c(=O)c23)C1. The van der Waals surface area contributed by atoms with E-state index in [0.29, 0.717) is 37.4 Å². The van der Waals surface area contributed by atoms with Crippen molar-refractivity contribution in [3.8, 4) is 5.69 Å². The Hall–Kier alpha value is -2.16. The number of fused-ring (bicyclic) bond motifs is 3. The summed E-state index contributed by atoms with van der Waals surface area (Å²) in [7, 11) is 0. The Balaban J connectivity index is 1.55. The van der Waals surface area contributed by atoms with Crippen LogP contribution in [-0.4, -0.2) is 52.4 Å². The predicted molar refractivity (Wildman–Crippen MR) is 129 cm³/mol. The number of thioether (sulfide) groups is 1. The molecule has 168 valence electrons. The normalized spacial score (nSPS) is 18.7. The number of carbonyl (C=O) groups excluding carboxylic acids is 1. The maximum Gasteiger partial charge on any atom is 0.267 e. The van der Waals surface area contributed by atoms with E-state index in [2.05, 4.69) is 6.92 Å². The van der Waals surface area contributed by atoms with E-state index in [-0.39, 0.29) is 17.2 Å². The third-order valence-electron chi connectivity index (χ3n) is 6.43. The molecular weight excluding hydrogens is 442 g/mol. The van der Waals surface area contributed by atoms with Crippen molar-refractivity contribution in [1.29, 1.82) is 0 Å². The van der Waals surface area contributed by atoms with Gasteiger partial charge in [0.1, 0.15) is 4.83 Å². The standard InChI is InChI=1S/C24H27N3O3S2/c1-2-16-8-9-18-19(14-16)32-22-21(18)23(29)27(17-6-4-3-5-7-17)24(25-22)31-15-20(28)26-10-12-30-13-11-26/h3-7,16H,2,8-15H2,1H3/t16-/m0/s1. The van der Waals surface area contributed by atoms with E-state index in [4.69, 9.17) is 9.72 Å². The second kappa shape index (κ2) is 9.37. The predicted octanol–water partition coefficient (Wildman–Crippen LogP) is 3.91. The van der Waals surface area contributed by atoms with Gasteiger partial charge in [-0.05, 0) is 42.9 Å². The summed E-state index contributed by atoms with van der Waals surface area (Å²) in [5, 5.41) is 1.35. The van der Waals surface area contributed by atoms with Crippen LogP contribution in [0.2, 0.25) is 0 Å². The number of aryl methyl sites for hydroxylation is 1. The molecule has 0 saturated carbocycles. The third-order valence-corrected chi connectivity index (χ3v) is 8.51. The zero-order valence-electron chi connectivity index (χ0n) is 18.2. The number of thiophene rings is 1. The fourth-order valence-electron chi connectivity index (χ4n) is 4.56. The molecule has 5 rings (SSSR count). The van der Waals surface area contributed by atoms with E-state index in [1.807, 2.05) is 35.2 Å². The van der Waals surface area contributed by atoms with Crippen LogP contribution >= 0.6 is 23.1 Å². The molecule has 3 heterocycles. The number of aromatic nitrogens is 2. The highest BCUT2D eigenvalue weighted by Crippen LogP contribution is 2.37. The number of hydrogen-bond donors (Lipinski definition) is 0. The number of rotatable bonds is 5. The van der Waals surface area contributed by atoms with Gasteiger partial charge in [0.05, 0.1) is 30.0 Å². The Morgan fingerprint density at radius 3 is 2.78 bits per heavy atom. The van der Waals surface area contributed by atoms with E-state index in [1.54, 1.807) is 15.9 Å². The van der Waals surface area contributed by atoms with Crippen molar-refractivity contribution in [3.05, 3.63) is 51.1 Å². The molecule has 0 spiro atoms. The second-order valence-corrected chi connectivity index (χ2v) is 10.4. The summed E-state index contributed by atoms with van der Waals surface area (Å²) in [6, 6.07) is 9.64. The number of ether oxygens (including phenoxy) is 1. The van der Waals surface area contributed by atoms with Crippen LogP contribution in [0.4, 0.5) is 0 Å². The largest absolute Gasteiger partial charge is 0.378 e. The quantitative estimate of drug-likeness (QED) is 0.419. The monoisotopic (exact) mass is 469 g/mol. The summed E-state index contributed by atoms with van der Waals surface area (Å²) < 4.78 is 7.04. The molecule has 1 aliphatic carbocycles. The summed E-state index contributed by atoms with van der Waals surface area (Å²) in [4.78, 5) is 35.4. The molecule has 0 N–H and O–H groups in total. The van der Waals surface area contributed by atoms with Gasteiger partial charge in [0, 0.05) is 18.0 Å². The van der Waals surface area contributed by atoms with E-state index in [9.17, 15) is 9.59 Å². The van der Waals surface area contributed by atoms with Crippen molar-refractivity contribution in [2.24, 2.45) is 5.92 Å². The van der Waals surface area contributed by atoms with Crippen LogP contribution in [-0.2, 0) is 22.4 Å². The minimum Gasteiger partial charge on any atom is -0.378 e. The van der Waals surface area contributed by atoms with Gasteiger partial charge in [-0.3, -0.25) is 14.2 Å². The second-order valence-electron chi connectivity index (χ2n) is 8.35. The zero-order chi connectivity index (χ0) is 22.1. The fourth-order valence-corrected chi connectivity index (χ4v) is 6.85. The smallest absolute Gasteiger partial charge is 0.267 e. The molecule has 32 heavy (non-hydrogen) atoms. The Kier molecular flexibility index (Phi) is 6.35. The number of amides is 1. The molecule has 1 atom stereocenters. The molecule has 1 amide bonds. The Morgan fingerprint density at radius 2 is 2.03 bits per heavy atom. The topological polar surface area (TPSA) is 64.4 Å². The third kappa shape index (κ3) is 4.11. The van der Waals surface area contributed by atoms with Crippen LogP contribution in [0.15, 0.2) is 40.3 Å². The molecule has 0 radical (unpaired) electrons. The van der Waals surface area contributed by atoms with Crippen molar-refractivity contribution in [3.63, 3.8) is 0 Å². The Labute approximate surface area is 195 Å². The van der Waals surface area contributed by atoms with Crippen LogP contribution < -0.4 is 5.56 Å². The first-order valence-corrected chi connectivity index (χ1v) is 13.1. The van der Waals surface area contributed by atoms with E-state index in [1.165, 1.54) is 28.6 Å². The van der Waals surface area contributed by atoms with Gasteiger partial charge in [-0.2, -0.15) is 0 Å². The molecule has 1 aromatic carbocycles. The van der Waals surface area contributed by atoms with Crippen LogP contribution in [0.25, 0.3) is 15.9 Å². The summed E-state index contributed by atoms with van der Waals surface area (Å²) in [6.45, 7) is 4.63. The fraction of sp³-hybridized carbons (Fsp3) is 0.458. The minimum atomic E-state index is -0.0185. The summed E-state index contributed by atoms with van der Waals surface area (Å²) >= 11 is 3.01. The molecular formula is C24H27N3O3S2. The summed E-state index contributed by atoms with van der Waals surface area (Å²) in [5.74, 6) is 1.00. The highest BCUT2D eigenvalue weighted by atomic mass is 32.2. The van der Waals surface area contributed by atoms with E-state index < -0.39 is 0 Å². The van der Waals surface area contributed by atoms with Crippen molar-refractivity contribution >= 4 is 39.2 Å². The van der Waals surface area contributed by atoms with Gasteiger partial charge < -0.3 is 9.64 Å². The molecule has 0 bridgehead atoms. The van der Waals surface area contributed by atoms with Gasteiger partial charge in [0.25, 0.3) is 5.56 Å². The first kappa shape index (κ1) is 21.7. The highest BCUT2D eigenvalue weighted by molar-refractivity contribution is 7.99. The number of benzene rings is 1. The van der Waals surface area contributed by atoms with E-state index in [0.717, 1.165) is 35.2 Å². The average Bonchev–Trinajstić information content (AvgIpc) is 3.21. The zero-order valence-corrected chi connectivity index (χ0v) is 19.8. The average molecular weight is 470 g/mol. The number of morpholine rings is 1. The molecule has 2 aromatic heterocycles. The van der Waals surface area contributed by atoms with Crippen LogP contribution in [0.1, 0.15) is 30.2 Å². The lowest BCUT2D eigenvalue weighted by atomic mass is 9.86. The van der Waals surface area contributed by atoms with Gasteiger partial charge in [-0.15, -0.1) is 11.3 Å². The van der Waals surface area contributed by atoms with Crippen LogP contribution in [0, 0.1) is 5.92 Å². The lowest BCUT2D eigenvalue weighted by molar-refractivity contribution is -0.132. The van der Waals surface area contributed by atoms with E-state index >= 15 is 0 Å².